The van der Waals surface area contributed by atoms with Gasteiger partial charge < -0.3 is 24.7 Å². The van der Waals surface area contributed by atoms with Crippen LogP contribution < -0.4 is 0 Å². The SMILES string of the molecule is [B]C12CC1C(n1cnc3c4[nH]ccc4c(=S)[nH]c31)C(O)C2O. The van der Waals surface area contributed by atoms with Crippen LogP contribution in [0, 0.1) is 10.6 Å². The molecular formula is C14H13BN4O2S. The van der Waals surface area contributed by atoms with Crippen LogP contribution in [-0.4, -0.2) is 49.8 Å². The highest BCUT2D eigenvalue weighted by Crippen LogP contribution is 2.71. The van der Waals surface area contributed by atoms with Gasteiger partial charge in [-0.25, -0.2) is 4.98 Å². The highest BCUT2D eigenvalue weighted by molar-refractivity contribution is 7.71. The van der Waals surface area contributed by atoms with E-state index in [-0.39, 0.29) is 12.0 Å². The van der Waals surface area contributed by atoms with E-state index in [0.717, 1.165) is 22.1 Å². The maximum atomic E-state index is 10.4. The zero-order chi connectivity index (χ0) is 15.2. The number of H-pyrrole nitrogens is 2. The van der Waals surface area contributed by atoms with Gasteiger partial charge in [-0.3, -0.25) is 0 Å². The van der Waals surface area contributed by atoms with Crippen molar-refractivity contribution in [3.63, 3.8) is 0 Å². The Morgan fingerprint density at radius 3 is 3.00 bits per heavy atom. The monoisotopic (exact) mass is 312 g/mol. The molecular weight excluding hydrogens is 299 g/mol. The van der Waals surface area contributed by atoms with Crippen LogP contribution in [-0.2, 0) is 0 Å². The third-order valence-electron chi connectivity index (χ3n) is 5.32. The molecule has 0 spiro atoms. The second kappa shape index (κ2) is 3.82. The van der Waals surface area contributed by atoms with Crippen LogP contribution in [0.25, 0.3) is 22.1 Å². The predicted octanol–water partition coefficient (Wildman–Crippen LogP) is 1.20. The third kappa shape index (κ3) is 1.34. The number of pyridine rings is 1. The first kappa shape index (κ1) is 12.9. The summed E-state index contributed by atoms with van der Waals surface area (Å²) in [6.07, 6.45) is 2.41. The van der Waals surface area contributed by atoms with Crippen LogP contribution in [0.2, 0.25) is 5.31 Å². The molecule has 2 fully saturated rings. The molecule has 5 unspecified atom stereocenters. The number of fused-ring (bicyclic) bond motifs is 4. The number of nitrogens with one attached hydrogen (secondary N) is 2. The topological polar surface area (TPSA) is 89.9 Å². The van der Waals surface area contributed by atoms with Crippen LogP contribution in [0.1, 0.15) is 12.5 Å². The first-order valence-electron chi connectivity index (χ1n) is 7.23. The number of aliphatic hydroxyl groups excluding tert-OH is 2. The highest BCUT2D eigenvalue weighted by Gasteiger charge is 2.68. The summed E-state index contributed by atoms with van der Waals surface area (Å²) >= 11 is 5.40. The molecule has 2 aliphatic carbocycles. The summed E-state index contributed by atoms with van der Waals surface area (Å²) in [6, 6.07) is 1.62. The molecule has 3 aromatic heterocycles. The van der Waals surface area contributed by atoms with Gasteiger partial charge in [0.15, 0.2) is 0 Å². The molecule has 6 nitrogen and oxygen atoms in total. The number of imidazole rings is 1. The maximum absolute atomic E-state index is 10.4. The lowest BCUT2D eigenvalue weighted by atomic mass is 9.79. The van der Waals surface area contributed by atoms with Gasteiger partial charge in [0, 0.05) is 11.6 Å². The van der Waals surface area contributed by atoms with Crippen molar-refractivity contribution in [3.8, 4) is 0 Å². The van der Waals surface area contributed by atoms with Crippen molar-refractivity contribution in [3.05, 3.63) is 23.2 Å². The van der Waals surface area contributed by atoms with Crippen LogP contribution in [0.15, 0.2) is 18.6 Å². The molecule has 2 aliphatic rings. The molecule has 2 saturated carbocycles. The Balaban J connectivity index is 1.76. The lowest BCUT2D eigenvalue weighted by molar-refractivity contribution is 0.00648. The molecule has 4 N–H and O–H groups in total. The molecule has 5 rings (SSSR count). The number of aromatic amines is 2. The Labute approximate surface area is 131 Å². The summed E-state index contributed by atoms with van der Waals surface area (Å²) in [5.74, 6) is 0.0520. The Morgan fingerprint density at radius 1 is 1.45 bits per heavy atom. The first-order valence-corrected chi connectivity index (χ1v) is 7.64. The smallest absolute Gasteiger partial charge is 0.141 e. The standard InChI is InChI=1S/C14H13BN4O2S/c15-14-3-6(14)9(10(20)11(14)21)19-4-17-8-7-5(1-2-16-7)13(22)18-12(8)19/h1-2,4,6,9-11,16,20-21H,3H2,(H,18,22). The van der Waals surface area contributed by atoms with E-state index in [1.54, 1.807) is 6.33 Å². The van der Waals surface area contributed by atoms with Crippen molar-refractivity contribution >= 4 is 42.1 Å². The van der Waals surface area contributed by atoms with Crippen LogP contribution in [0.3, 0.4) is 0 Å². The van der Waals surface area contributed by atoms with Crippen LogP contribution in [0.4, 0.5) is 0 Å². The third-order valence-corrected chi connectivity index (χ3v) is 5.64. The number of hydrogen-bond acceptors (Lipinski definition) is 4. The summed E-state index contributed by atoms with van der Waals surface area (Å²) in [5, 5.41) is 20.8. The van der Waals surface area contributed by atoms with Gasteiger partial charge in [-0.2, -0.15) is 0 Å². The van der Waals surface area contributed by atoms with Crippen molar-refractivity contribution < 1.29 is 10.2 Å². The summed E-state index contributed by atoms with van der Waals surface area (Å²) in [7, 11) is 6.15. The molecule has 0 saturated heterocycles. The quantitative estimate of drug-likeness (QED) is 0.401. The molecule has 0 bridgehead atoms. The van der Waals surface area contributed by atoms with Gasteiger partial charge in [0.05, 0.1) is 31.8 Å². The minimum absolute atomic E-state index is 0.0520. The fourth-order valence-corrected chi connectivity index (χ4v) is 4.29. The second-order valence-electron chi connectivity index (χ2n) is 6.42. The number of rotatable bonds is 1. The van der Waals surface area contributed by atoms with Gasteiger partial charge in [-0.05, 0) is 23.7 Å². The zero-order valence-corrected chi connectivity index (χ0v) is 12.3. The maximum Gasteiger partial charge on any atom is 0.141 e. The van der Waals surface area contributed by atoms with E-state index in [9.17, 15) is 10.2 Å². The summed E-state index contributed by atoms with van der Waals surface area (Å²) < 4.78 is 2.49. The number of hydrogen-bond donors (Lipinski definition) is 4. The van der Waals surface area contributed by atoms with Gasteiger partial charge in [0.1, 0.15) is 21.9 Å². The molecule has 3 aromatic rings. The van der Waals surface area contributed by atoms with Crippen LogP contribution >= 0.6 is 12.2 Å². The molecule has 22 heavy (non-hydrogen) atoms. The second-order valence-corrected chi connectivity index (χ2v) is 6.83. The van der Waals surface area contributed by atoms with Crippen molar-refractivity contribution in [1.29, 1.82) is 0 Å². The lowest BCUT2D eigenvalue weighted by Crippen LogP contribution is -2.32. The molecule has 0 aromatic carbocycles. The molecule has 8 heteroatoms. The Morgan fingerprint density at radius 2 is 2.27 bits per heavy atom. The largest absolute Gasteiger partial charge is 0.391 e. The lowest BCUT2D eigenvalue weighted by Gasteiger charge is -2.23. The van der Waals surface area contributed by atoms with Gasteiger partial charge in [0.25, 0.3) is 0 Å². The first-order chi connectivity index (χ1) is 10.5. The van der Waals surface area contributed by atoms with E-state index in [2.05, 4.69) is 15.0 Å². The average Bonchev–Trinajstić information content (AvgIpc) is 2.86. The van der Waals surface area contributed by atoms with Crippen molar-refractivity contribution in [2.75, 3.05) is 0 Å². The molecule has 5 atom stereocenters. The Bertz CT molecular complexity index is 976. The molecule has 3 heterocycles. The van der Waals surface area contributed by atoms with Gasteiger partial charge in [0.2, 0.25) is 0 Å². The highest BCUT2D eigenvalue weighted by atomic mass is 32.1. The van der Waals surface area contributed by atoms with E-state index in [1.165, 1.54) is 0 Å². The van der Waals surface area contributed by atoms with E-state index in [1.807, 2.05) is 16.8 Å². The Hall–Kier alpha value is -1.64. The number of nitrogens with zero attached hydrogens (tertiary/aromatic N) is 2. The number of aliphatic hydroxyl groups is 2. The fourth-order valence-electron chi connectivity index (χ4n) is 4.03. The summed E-state index contributed by atoms with van der Waals surface area (Å²) in [4.78, 5) is 10.8. The summed E-state index contributed by atoms with van der Waals surface area (Å²) in [5.41, 5.74) is 2.39. The summed E-state index contributed by atoms with van der Waals surface area (Å²) in [6.45, 7) is 0. The number of aromatic nitrogens is 4. The van der Waals surface area contributed by atoms with Gasteiger partial charge in [-0.15, -0.1) is 0 Å². The zero-order valence-electron chi connectivity index (χ0n) is 11.5. The van der Waals surface area contributed by atoms with Crippen LogP contribution in [0.5, 0.6) is 0 Å². The van der Waals surface area contributed by atoms with Crippen molar-refractivity contribution in [1.82, 2.24) is 19.5 Å². The predicted molar refractivity (Wildman–Crippen MR) is 84.4 cm³/mol. The molecule has 110 valence electrons. The minimum Gasteiger partial charge on any atom is -0.391 e. The molecule has 0 aliphatic heterocycles. The molecule has 2 radical (unpaired) electrons. The minimum atomic E-state index is -0.905. The van der Waals surface area contributed by atoms with Crippen molar-refractivity contribution in [2.45, 2.75) is 30.0 Å². The fraction of sp³-hybridized carbons (Fsp3) is 0.429. The average molecular weight is 312 g/mol. The van der Waals surface area contributed by atoms with Crippen molar-refractivity contribution in [2.24, 2.45) is 5.92 Å². The molecule has 0 amide bonds. The van der Waals surface area contributed by atoms with Gasteiger partial charge in [-0.1, -0.05) is 12.2 Å². The van der Waals surface area contributed by atoms with E-state index in [0.29, 0.717) is 11.1 Å². The van der Waals surface area contributed by atoms with E-state index < -0.39 is 17.5 Å². The van der Waals surface area contributed by atoms with E-state index in [4.69, 9.17) is 20.1 Å². The van der Waals surface area contributed by atoms with Gasteiger partial charge >= 0.3 is 0 Å². The normalized spacial score (nSPS) is 37.0. The van der Waals surface area contributed by atoms with E-state index >= 15 is 0 Å². The Kier molecular flexibility index (Phi) is 2.23.